The summed E-state index contributed by atoms with van der Waals surface area (Å²) in [5.41, 5.74) is 0.922. The van der Waals surface area contributed by atoms with E-state index in [1.807, 2.05) is 0 Å². The third kappa shape index (κ3) is 4.49. The highest BCUT2D eigenvalue weighted by molar-refractivity contribution is 7.93. The fourth-order valence-electron chi connectivity index (χ4n) is 1.75. The molecule has 0 aromatic heterocycles. The van der Waals surface area contributed by atoms with Crippen molar-refractivity contribution in [1.29, 1.82) is 0 Å². The van der Waals surface area contributed by atoms with Gasteiger partial charge in [-0.15, -0.1) is 0 Å². The lowest BCUT2D eigenvalue weighted by Crippen LogP contribution is -2.00. The maximum Gasteiger partial charge on any atom is 0.269 e. The highest BCUT2D eigenvalue weighted by atomic mass is 32.2. The Hall–Kier alpha value is -2.54. The van der Waals surface area contributed by atoms with Crippen LogP contribution in [0, 0.1) is 15.9 Å². The van der Waals surface area contributed by atoms with E-state index >= 15 is 0 Å². The molecule has 0 aliphatic heterocycles. The summed E-state index contributed by atoms with van der Waals surface area (Å²) in [6, 6.07) is 10.7. The van der Waals surface area contributed by atoms with Gasteiger partial charge in [-0.1, -0.05) is 24.3 Å². The summed E-state index contributed by atoms with van der Waals surface area (Å²) < 4.78 is 36.7. The van der Waals surface area contributed by atoms with Crippen LogP contribution in [0.15, 0.2) is 53.9 Å². The highest BCUT2D eigenvalue weighted by Gasteiger charge is 2.10. The molecule has 0 fully saturated rings. The Bertz CT molecular complexity index is 796. The zero-order valence-corrected chi connectivity index (χ0v) is 12.2. The van der Waals surface area contributed by atoms with Crippen LogP contribution in [-0.4, -0.2) is 13.3 Å². The fraction of sp³-hybridized carbons (Fsp3) is 0.0667. The van der Waals surface area contributed by atoms with E-state index in [0.29, 0.717) is 11.1 Å². The minimum atomic E-state index is -3.52. The summed E-state index contributed by atoms with van der Waals surface area (Å²) in [6.45, 7) is 0. The lowest BCUT2D eigenvalue weighted by molar-refractivity contribution is -0.384. The molecule has 0 bridgehead atoms. The van der Waals surface area contributed by atoms with Crippen molar-refractivity contribution >= 4 is 21.6 Å². The third-order valence-corrected chi connectivity index (χ3v) is 4.14. The lowest BCUT2D eigenvalue weighted by Gasteiger charge is -2.00. The molecule has 0 spiro atoms. The summed E-state index contributed by atoms with van der Waals surface area (Å²) in [5, 5.41) is 11.6. The fourth-order valence-corrected chi connectivity index (χ4v) is 2.87. The Morgan fingerprint density at radius 2 is 1.64 bits per heavy atom. The summed E-state index contributed by atoms with van der Waals surface area (Å²) in [7, 11) is -3.52. The molecule has 0 N–H and O–H groups in total. The number of benzene rings is 2. The molecule has 2 aromatic carbocycles. The van der Waals surface area contributed by atoms with E-state index in [0.717, 1.165) is 5.41 Å². The van der Waals surface area contributed by atoms with Crippen LogP contribution in [0.3, 0.4) is 0 Å². The Morgan fingerprint density at radius 1 is 1.05 bits per heavy atom. The van der Waals surface area contributed by atoms with Crippen molar-refractivity contribution < 1.29 is 17.7 Å². The molecule has 0 aliphatic carbocycles. The zero-order valence-electron chi connectivity index (χ0n) is 11.3. The molecule has 0 heterocycles. The molecule has 22 heavy (non-hydrogen) atoms. The number of nitro groups is 1. The minimum Gasteiger partial charge on any atom is -0.258 e. The van der Waals surface area contributed by atoms with Gasteiger partial charge < -0.3 is 0 Å². The number of nitrogens with zero attached hydrogens (tertiary/aromatic N) is 1. The minimum absolute atomic E-state index is 0.0944. The Morgan fingerprint density at radius 3 is 2.18 bits per heavy atom. The molecule has 114 valence electrons. The molecular weight excluding hydrogens is 309 g/mol. The van der Waals surface area contributed by atoms with Crippen LogP contribution >= 0.6 is 0 Å². The second kappa shape index (κ2) is 6.48. The number of halogens is 1. The Labute approximate surface area is 126 Å². The van der Waals surface area contributed by atoms with Crippen molar-refractivity contribution in [3.8, 4) is 0 Å². The molecule has 0 amide bonds. The standard InChI is InChI=1S/C15H12FNO4S/c16-14-5-1-12(2-6-14)9-10-22(20,21)11-13-3-7-15(8-4-13)17(18)19/h1-10H,11H2/b10-9+. The van der Waals surface area contributed by atoms with Gasteiger partial charge in [0.05, 0.1) is 10.7 Å². The largest absolute Gasteiger partial charge is 0.269 e. The molecule has 0 saturated carbocycles. The summed E-state index contributed by atoms with van der Waals surface area (Å²) in [4.78, 5) is 9.98. The van der Waals surface area contributed by atoms with E-state index in [9.17, 15) is 22.9 Å². The van der Waals surface area contributed by atoms with Crippen LogP contribution in [0.25, 0.3) is 6.08 Å². The van der Waals surface area contributed by atoms with Gasteiger partial charge in [0, 0.05) is 17.5 Å². The predicted octanol–water partition coefficient (Wildman–Crippen LogP) is 3.32. The van der Waals surface area contributed by atoms with Crippen molar-refractivity contribution in [1.82, 2.24) is 0 Å². The zero-order chi connectivity index (χ0) is 16.2. The van der Waals surface area contributed by atoms with Crippen molar-refractivity contribution in [2.45, 2.75) is 5.75 Å². The molecule has 5 nitrogen and oxygen atoms in total. The van der Waals surface area contributed by atoms with Gasteiger partial charge in [0.1, 0.15) is 5.82 Å². The van der Waals surface area contributed by atoms with Crippen LogP contribution < -0.4 is 0 Å². The summed E-state index contributed by atoms with van der Waals surface area (Å²) >= 11 is 0. The van der Waals surface area contributed by atoms with E-state index < -0.39 is 20.6 Å². The van der Waals surface area contributed by atoms with Gasteiger partial charge in [-0.2, -0.15) is 0 Å². The molecule has 2 aromatic rings. The average Bonchev–Trinajstić information content (AvgIpc) is 2.47. The average molecular weight is 321 g/mol. The third-order valence-electron chi connectivity index (χ3n) is 2.85. The first kappa shape index (κ1) is 15.8. The van der Waals surface area contributed by atoms with Crippen LogP contribution in [0.2, 0.25) is 0 Å². The maximum absolute atomic E-state index is 12.7. The SMILES string of the molecule is O=[N+]([O-])c1ccc(CS(=O)(=O)/C=C/c2ccc(F)cc2)cc1. The molecular formula is C15H12FNO4S. The molecule has 2 rings (SSSR count). The first-order chi connectivity index (χ1) is 10.4. The van der Waals surface area contributed by atoms with E-state index in [4.69, 9.17) is 0 Å². The van der Waals surface area contributed by atoms with Gasteiger partial charge in [-0.3, -0.25) is 10.1 Å². The molecule has 0 atom stereocenters. The molecule has 0 aliphatic rings. The number of sulfone groups is 1. The van der Waals surface area contributed by atoms with E-state index in [1.165, 1.54) is 54.6 Å². The molecule has 0 unspecified atom stereocenters. The Kier molecular flexibility index (Phi) is 4.67. The Balaban J connectivity index is 2.10. The van der Waals surface area contributed by atoms with Gasteiger partial charge in [0.15, 0.2) is 9.84 Å². The number of nitro benzene ring substituents is 1. The molecule has 0 saturated heterocycles. The van der Waals surface area contributed by atoms with Crippen LogP contribution in [-0.2, 0) is 15.6 Å². The molecule has 7 heteroatoms. The second-order valence-electron chi connectivity index (χ2n) is 4.59. The number of hydrogen-bond acceptors (Lipinski definition) is 4. The topological polar surface area (TPSA) is 77.3 Å². The van der Waals surface area contributed by atoms with Gasteiger partial charge in [0.2, 0.25) is 0 Å². The predicted molar refractivity (Wildman–Crippen MR) is 81.2 cm³/mol. The number of rotatable bonds is 5. The van der Waals surface area contributed by atoms with E-state index in [-0.39, 0.29) is 11.4 Å². The normalized spacial score (nSPS) is 11.7. The van der Waals surface area contributed by atoms with Crippen LogP contribution in [0.1, 0.15) is 11.1 Å². The highest BCUT2D eigenvalue weighted by Crippen LogP contribution is 2.15. The van der Waals surface area contributed by atoms with Crippen molar-refractivity contribution in [3.63, 3.8) is 0 Å². The first-order valence-electron chi connectivity index (χ1n) is 6.25. The lowest BCUT2D eigenvalue weighted by atomic mass is 10.2. The van der Waals surface area contributed by atoms with E-state index in [2.05, 4.69) is 0 Å². The number of non-ortho nitro benzene ring substituents is 1. The van der Waals surface area contributed by atoms with Gasteiger partial charge in [0.25, 0.3) is 5.69 Å². The van der Waals surface area contributed by atoms with Crippen LogP contribution in [0.5, 0.6) is 0 Å². The van der Waals surface area contributed by atoms with Gasteiger partial charge in [-0.05, 0) is 29.3 Å². The van der Waals surface area contributed by atoms with Crippen molar-refractivity contribution in [2.24, 2.45) is 0 Å². The number of hydrogen-bond donors (Lipinski definition) is 0. The second-order valence-corrected chi connectivity index (χ2v) is 6.47. The summed E-state index contributed by atoms with van der Waals surface area (Å²) in [5.74, 6) is -0.659. The monoisotopic (exact) mass is 321 g/mol. The van der Waals surface area contributed by atoms with Crippen LogP contribution in [0.4, 0.5) is 10.1 Å². The van der Waals surface area contributed by atoms with Gasteiger partial charge in [-0.25, -0.2) is 12.8 Å². The first-order valence-corrected chi connectivity index (χ1v) is 7.97. The van der Waals surface area contributed by atoms with Crippen molar-refractivity contribution in [3.05, 3.63) is 81.0 Å². The van der Waals surface area contributed by atoms with Gasteiger partial charge >= 0.3 is 0 Å². The quantitative estimate of drug-likeness (QED) is 0.625. The maximum atomic E-state index is 12.7. The smallest absolute Gasteiger partial charge is 0.258 e. The van der Waals surface area contributed by atoms with Crippen molar-refractivity contribution in [2.75, 3.05) is 0 Å². The summed E-state index contributed by atoms with van der Waals surface area (Å²) in [6.07, 6.45) is 1.38. The van der Waals surface area contributed by atoms with E-state index in [1.54, 1.807) is 0 Å². The molecule has 0 radical (unpaired) electrons.